The average Bonchev–Trinajstić information content (AvgIpc) is 2.44. The maximum absolute atomic E-state index is 11.5. The summed E-state index contributed by atoms with van der Waals surface area (Å²) >= 11 is 5.19. The first-order valence-electron chi connectivity index (χ1n) is 5.76. The van der Waals surface area contributed by atoms with E-state index >= 15 is 0 Å². The van der Waals surface area contributed by atoms with Gasteiger partial charge in [0.15, 0.2) is 0 Å². The molecule has 108 valence electrons. The second-order valence-corrected chi connectivity index (χ2v) is 4.26. The summed E-state index contributed by atoms with van der Waals surface area (Å²) in [5.74, 6) is -0.768. The molecule has 7 heteroatoms. The van der Waals surface area contributed by atoms with E-state index in [1.165, 1.54) is 0 Å². The van der Waals surface area contributed by atoms with E-state index in [2.05, 4.69) is 10.1 Å². The van der Waals surface area contributed by atoms with Gasteiger partial charge in [-0.2, -0.15) is 0 Å². The van der Waals surface area contributed by atoms with Gasteiger partial charge in [-0.05, 0) is 17.2 Å². The molecule has 0 bridgehead atoms. The van der Waals surface area contributed by atoms with E-state index in [0.29, 0.717) is 0 Å². The Labute approximate surface area is 121 Å². The number of alkyl carbamates (subject to hydrolysis) is 1. The van der Waals surface area contributed by atoms with Crippen molar-refractivity contribution in [3.63, 3.8) is 0 Å². The van der Waals surface area contributed by atoms with Crippen LogP contribution >= 0.6 is 11.6 Å². The van der Waals surface area contributed by atoms with Crippen LogP contribution in [0.3, 0.4) is 0 Å². The molecular formula is C13H14ClNO5. The molecule has 0 saturated carbocycles. The van der Waals surface area contributed by atoms with Crippen molar-refractivity contribution in [1.29, 1.82) is 0 Å². The van der Waals surface area contributed by atoms with Gasteiger partial charge in [-0.25, -0.2) is 9.59 Å². The van der Waals surface area contributed by atoms with Crippen molar-refractivity contribution in [2.24, 2.45) is 0 Å². The number of halogens is 1. The minimum atomic E-state index is -1.16. The number of amides is 1. The zero-order valence-corrected chi connectivity index (χ0v) is 11.6. The Morgan fingerprint density at radius 2 is 1.90 bits per heavy atom. The molecule has 0 fully saturated rings. The summed E-state index contributed by atoms with van der Waals surface area (Å²) in [5, 5.41) is 1.47. The number of carbonyl (C=O) groups excluding carboxylic acids is 3. The van der Waals surface area contributed by atoms with Crippen LogP contribution in [0.5, 0.6) is 0 Å². The largest absolute Gasteiger partial charge is 0.467 e. The van der Waals surface area contributed by atoms with E-state index in [1.807, 2.05) is 6.07 Å². The quantitative estimate of drug-likeness (QED) is 0.637. The number of nitrogens with one attached hydrogen (secondary N) is 1. The lowest BCUT2D eigenvalue weighted by Gasteiger charge is -2.14. The number of methoxy groups -OCH3 is 1. The summed E-state index contributed by atoms with van der Waals surface area (Å²) in [6.45, 7) is 0.0510. The molecule has 1 amide bonds. The molecule has 0 heterocycles. The van der Waals surface area contributed by atoms with E-state index in [4.69, 9.17) is 16.3 Å². The van der Waals surface area contributed by atoms with E-state index < -0.39 is 23.3 Å². The van der Waals surface area contributed by atoms with Crippen molar-refractivity contribution in [3.8, 4) is 0 Å². The molecule has 1 N–H and O–H groups in total. The van der Waals surface area contributed by atoms with Gasteiger partial charge in [-0.1, -0.05) is 30.3 Å². The predicted molar refractivity (Wildman–Crippen MR) is 71.0 cm³/mol. The Hall–Kier alpha value is -2.08. The predicted octanol–water partition coefficient (Wildman–Crippen LogP) is 1.61. The van der Waals surface area contributed by atoms with Gasteiger partial charge in [0, 0.05) is 0 Å². The minimum absolute atomic E-state index is 0.0510. The summed E-state index contributed by atoms with van der Waals surface area (Å²) in [6.07, 6.45) is -1.20. The zero-order chi connectivity index (χ0) is 15.0. The van der Waals surface area contributed by atoms with E-state index in [1.54, 1.807) is 24.3 Å². The Morgan fingerprint density at radius 3 is 2.45 bits per heavy atom. The lowest BCUT2D eigenvalue weighted by Crippen LogP contribution is -2.42. The van der Waals surface area contributed by atoms with Gasteiger partial charge < -0.3 is 14.8 Å². The normalized spacial score (nSPS) is 11.3. The van der Waals surface area contributed by atoms with Crippen LogP contribution in [0.25, 0.3) is 0 Å². The Morgan fingerprint density at radius 1 is 1.25 bits per heavy atom. The van der Waals surface area contributed by atoms with Crippen LogP contribution in [-0.2, 0) is 25.7 Å². The third-order valence-corrected chi connectivity index (χ3v) is 2.51. The van der Waals surface area contributed by atoms with Crippen LogP contribution in [0.2, 0.25) is 0 Å². The molecule has 20 heavy (non-hydrogen) atoms. The topological polar surface area (TPSA) is 81.7 Å². The monoisotopic (exact) mass is 299 g/mol. The van der Waals surface area contributed by atoms with Crippen LogP contribution in [0.4, 0.5) is 4.79 Å². The lowest BCUT2D eigenvalue weighted by atomic mass is 10.2. The zero-order valence-electron chi connectivity index (χ0n) is 10.8. The third kappa shape index (κ3) is 5.71. The van der Waals surface area contributed by atoms with Crippen LogP contribution in [0.15, 0.2) is 30.3 Å². The van der Waals surface area contributed by atoms with Crippen molar-refractivity contribution in [2.75, 3.05) is 7.11 Å². The van der Waals surface area contributed by atoms with Crippen molar-refractivity contribution in [3.05, 3.63) is 35.9 Å². The second-order valence-electron chi connectivity index (χ2n) is 3.84. The fourth-order valence-electron chi connectivity index (χ4n) is 1.40. The van der Waals surface area contributed by atoms with Crippen molar-refractivity contribution in [1.82, 2.24) is 5.32 Å². The fraction of sp³-hybridized carbons (Fsp3) is 0.308. The first-order chi connectivity index (χ1) is 9.52. The number of rotatable bonds is 6. The molecule has 1 atom stereocenters. The standard InChI is InChI=1S/C13H14ClNO5/c1-19-12(17)10(7-11(14)16)15-13(18)20-8-9-5-3-2-4-6-9/h2-6,10H,7-8H2,1H3,(H,15,18)/t10-/m1/s1. The molecule has 0 unspecified atom stereocenters. The molecule has 0 aliphatic rings. The molecule has 0 radical (unpaired) electrons. The number of hydrogen-bond donors (Lipinski definition) is 1. The van der Waals surface area contributed by atoms with Gasteiger partial charge in [0.25, 0.3) is 0 Å². The van der Waals surface area contributed by atoms with Crippen molar-refractivity contribution >= 4 is 28.9 Å². The SMILES string of the molecule is COC(=O)[C@@H](CC(=O)Cl)NC(=O)OCc1ccccc1. The third-order valence-electron chi connectivity index (χ3n) is 2.36. The molecule has 0 saturated heterocycles. The summed E-state index contributed by atoms with van der Waals surface area (Å²) in [6, 6.07) is 7.86. The highest BCUT2D eigenvalue weighted by molar-refractivity contribution is 6.63. The van der Waals surface area contributed by atoms with Crippen LogP contribution < -0.4 is 5.32 Å². The lowest BCUT2D eigenvalue weighted by molar-refractivity contribution is -0.144. The Kier molecular flexibility index (Phi) is 6.52. The first kappa shape index (κ1) is 16.0. The van der Waals surface area contributed by atoms with Crippen LogP contribution in [-0.4, -0.2) is 30.5 Å². The maximum Gasteiger partial charge on any atom is 0.408 e. The van der Waals surface area contributed by atoms with Gasteiger partial charge >= 0.3 is 12.1 Å². The molecule has 0 aliphatic heterocycles. The van der Waals surface area contributed by atoms with Gasteiger partial charge in [0.2, 0.25) is 5.24 Å². The van der Waals surface area contributed by atoms with Gasteiger partial charge in [-0.15, -0.1) is 0 Å². The molecule has 1 aromatic carbocycles. The summed E-state index contributed by atoms with van der Waals surface area (Å²) in [5.41, 5.74) is 0.797. The molecule has 1 aromatic rings. The van der Waals surface area contributed by atoms with Gasteiger partial charge in [-0.3, -0.25) is 4.79 Å². The van der Waals surface area contributed by atoms with Gasteiger partial charge in [0.05, 0.1) is 13.5 Å². The van der Waals surface area contributed by atoms with E-state index in [-0.39, 0.29) is 13.0 Å². The van der Waals surface area contributed by atoms with E-state index in [0.717, 1.165) is 12.7 Å². The number of carbonyl (C=O) groups is 3. The number of ether oxygens (including phenoxy) is 2. The highest BCUT2D eigenvalue weighted by Crippen LogP contribution is 2.03. The number of benzene rings is 1. The summed E-state index contributed by atoms with van der Waals surface area (Å²) in [7, 11) is 1.14. The molecular weight excluding hydrogens is 286 g/mol. The maximum atomic E-state index is 11.5. The van der Waals surface area contributed by atoms with Crippen molar-refractivity contribution < 1.29 is 23.9 Å². The average molecular weight is 300 g/mol. The van der Waals surface area contributed by atoms with E-state index in [9.17, 15) is 14.4 Å². The molecule has 0 aliphatic carbocycles. The molecule has 6 nitrogen and oxygen atoms in total. The first-order valence-corrected chi connectivity index (χ1v) is 6.14. The smallest absolute Gasteiger partial charge is 0.408 e. The van der Waals surface area contributed by atoms with Gasteiger partial charge in [0.1, 0.15) is 12.6 Å². The van der Waals surface area contributed by atoms with Crippen LogP contribution in [0, 0.1) is 0 Å². The molecule has 1 rings (SSSR count). The summed E-state index contributed by atoms with van der Waals surface area (Å²) in [4.78, 5) is 33.7. The molecule has 0 aromatic heterocycles. The number of hydrogen-bond acceptors (Lipinski definition) is 5. The Bertz CT molecular complexity index is 477. The van der Waals surface area contributed by atoms with Crippen LogP contribution in [0.1, 0.15) is 12.0 Å². The minimum Gasteiger partial charge on any atom is -0.467 e. The highest BCUT2D eigenvalue weighted by Gasteiger charge is 2.24. The Balaban J connectivity index is 2.49. The highest BCUT2D eigenvalue weighted by atomic mass is 35.5. The second kappa shape index (κ2) is 8.16. The van der Waals surface area contributed by atoms with Crippen molar-refractivity contribution in [2.45, 2.75) is 19.1 Å². The molecule has 0 spiro atoms. The fourth-order valence-corrected chi connectivity index (χ4v) is 1.56. The summed E-state index contributed by atoms with van der Waals surface area (Å²) < 4.78 is 9.38. The number of esters is 1.